The number of hydrogen-bond donors (Lipinski definition) is 1. The van der Waals surface area contributed by atoms with Gasteiger partial charge in [0.2, 0.25) is 0 Å². The molecule has 6 nitrogen and oxygen atoms in total. The minimum atomic E-state index is -4.08. The van der Waals surface area contributed by atoms with Crippen molar-refractivity contribution in [3.05, 3.63) is 59.9 Å². The number of rotatable bonds is 7. The number of nitrogens with one attached hydrogen (secondary N) is 1. The van der Waals surface area contributed by atoms with Crippen molar-refractivity contribution < 1.29 is 21.8 Å². The van der Waals surface area contributed by atoms with Crippen LogP contribution in [0, 0.1) is 11.7 Å². The second-order valence-electron chi connectivity index (χ2n) is 8.64. The molecule has 2 aromatic rings. The number of carbonyl (C=O) groups is 1. The van der Waals surface area contributed by atoms with Crippen LogP contribution in [0.25, 0.3) is 0 Å². The molecule has 2 aromatic carbocycles. The summed E-state index contributed by atoms with van der Waals surface area (Å²) in [4.78, 5) is 14.3. The lowest BCUT2D eigenvalue weighted by Crippen LogP contribution is -2.48. The van der Waals surface area contributed by atoms with E-state index in [0.717, 1.165) is 42.7 Å². The SMILES string of the molecule is CC(C)(C)NC(=O)N(Cc1cccc(OS(=O)(=O)c2ccc(F)cc2)c1)CC1CC1. The summed E-state index contributed by atoms with van der Waals surface area (Å²) >= 11 is 0. The summed E-state index contributed by atoms with van der Waals surface area (Å²) in [6.45, 7) is 6.77. The van der Waals surface area contributed by atoms with Crippen molar-refractivity contribution in [1.29, 1.82) is 0 Å². The molecule has 0 aromatic heterocycles. The summed E-state index contributed by atoms with van der Waals surface area (Å²) in [5.41, 5.74) is 0.402. The van der Waals surface area contributed by atoms with Gasteiger partial charge in [-0.15, -0.1) is 0 Å². The van der Waals surface area contributed by atoms with E-state index in [1.54, 1.807) is 17.0 Å². The molecule has 1 aliphatic rings. The van der Waals surface area contributed by atoms with E-state index in [1.165, 1.54) is 6.07 Å². The molecule has 0 unspecified atom stereocenters. The van der Waals surface area contributed by atoms with Gasteiger partial charge in [-0.1, -0.05) is 12.1 Å². The molecule has 1 saturated carbocycles. The molecule has 3 rings (SSSR count). The van der Waals surface area contributed by atoms with Crippen LogP contribution in [0.4, 0.5) is 9.18 Å². The number of hydrogen-bond acceptors (Lipinski definition) is 4. The zero-order chi connectivity index (χ0) is 21.9. The summed E-state index contributed by atoms with van der Waals surface area (Å²) in [7, 11) is -4.08. The molecule has 1 fully saturated rings. The van der Waals surface area contributed by atoms with Gasteiger partial charge >= 0.3 is 16.1 Å². The van der Waals surface area contributed by atoms with Crippen molar-refractivity contribution in [1.82, 2.24) is 10.2 Å². The summed E-state index contributed by atoms with van der Waals surface area (Å²) < 4.78 is 43.2. The average molecular weight is 435 g/mol. The molecular weight excluding hydrogens is 407 g/mol. The average Bonchev–Trinajstić information content (AvgIpc) is 3.44. The summed E-state index contributed by atoms with van der Waals surface area (Å²) in [6.07, 6.45) is 2.22. The predicted octanol–water partition coefficient (Wildman–Crippen LogP) is 4.31. The van der Waals surface area contributed by atoms with Crippen molar-refractivity contribution in [3.63, 3.8) is 0 Å². The van der Waals surface area contributed by atoms with Crippen LogP contribution in [0.3, 0.4) is 0 Å². The second kappa shape index (κ2) is 8.63. The smallest absolute Gasteiger partial charge is 0.339 e. The molecule has 0 spiro atoms. The maximum atomic E-state index is 13.1. The molecule has 8 heteroatoms. The third-order valence-corrected chi connectivity index (χ3v) is 5.79. The molecule has 1 aliphatic carbocycles. The highest BCUT2D eigenvalue weighted by molar-refractivity contribution is 7.87. The third-order valence-electron chi connectivity index (χ3n) is 4.52. The zero-order valence-electron chi connectivity index (χ0n) is 17.4. The van der Waals surface area contributed by atoms with Gasteiger partial charge in [0.25, 0.3) is 0 Å². The largest absolute Gasteiger partial charge is 0.379 e. The van der Waals surface area contributed by atoms with Gasteiger partial charge in [0.15, 0.2) is 0 Å². The minimum Gasteiger partial charge on any atom is -0.379 e. The van der Waals surface area contributed by atoms with Gasteiger partial charge in [-0.25, -0.2) is 9.18 Å². The predicted molar refractivity (Wildman–Crippen MR) is 112 cm³/mol. The highest BCUT2D eigenvalue weighted by Gasteiger charge is 2.28. The fourth-order valence-electron chi connectivity index (χ4n) is 2.92. The van der Waals surface area contributed by atoms with E-state index >= 15 is 0 Å². The molecule has 162 valence electrons. The van der Waals surface area contributed by atoms with Crippen molar-refractivity contribution >= 4 is 16.1 Å². The second-order valence-corrected chi connectivity index (χ2v) is 10.2. The molecule has 0 radical (unpaired) electrons. The monoisotopic (exact) mass is 434 g/mol. The maximum absolute atomic E-state index is 13.1. The lowest BCUT2D eigenvalue weighted by Gasteiger charge is -2.28. The number of urea groups is 1. The Bertz CT molecular complexity index is 997. The number of carbonyl (C=O) groups excluding carboxylic acids is 1. The van der Waals surface area contributed by atoms with Crippen LogP contribution in [0.15, 0.2) is 53.4 Å². The van der Waals surface area contributed by atoms with E-state index < -0.39 is 15.9 Å². The van der Waals surface area contributed by atoms with Gasteiger partial charge in [-0.2, -0.15) is 8.42 Å². The number of nitrogens with zero attached hydrogens (tertiary/aromatic N) is 1. The molecule has 0 bridgehead atoms. The van der Waals surface area contributed by atoms with Gasteiger partial charge in [0, 0.05) is 18.6 Å². The first kappa shape index (κ1) is 22.1. The third kappa shape index (κ3) is 6.45. The number of amides is 2. The zero-order valence-corrected chi connectivity index (χ0v) is 18.2. The van der Waals surface area contributed by atoms with Gasteiger partial charge < -0.3 is 14.4 Å². The van der Waals surface area contributed by atoms with E-state index in [9.17, 15) is 17.6 Å². The summed E-state index contributed by atoms with van der Waals surface area (Å²) in [6, 6.07) is 10.9. The van der Waals surface area contributed by atoms with Crippen LogP contribution in [0.5, 0.6) is 5.75 Å². The Balaban J connectivity index is 1.74. The van der Waals surface area contributed by atoms with Crippen molar-refractivity contribution in [2.24, 2.45) is 5.92 Å². The number of halogens is 1. The molecular formula is C22H27FN2O4S. The summed E-state index contributed by atoms with van der Waals surface area (Å²) in [5.74, 6) is 0.119. The first-order chi connectivity index (χ1) is 14.0. The maximum Gasteiger partial charge on any atom is 0.339 e. The Morgan fingerprint density at radius 2 is 1.83 bits per heavy atom. The topological polar surface area (TPSA) is 75.7 Å². The number of benzene rings is 2. The van der Waals surface area contributed by atoms with Crippen LogP contribution in [0.2, 0.25) is 0 Å². The Kier molecular flexibility index (Phi) is 6.36. The van der Waals surface area contributed by atoms with Gasteiger partial charge in [-0.05, 0) is 81.5 Å². The van der Waals surface area contributed by atoms with E-state index in [0.29, 0.717) is 19.0 Å². The van der Waals surface area contributed by atoms with E-state index in [-0.39, 0.29) is 22.2 Å². The molecule has 0 aliphatic heterocycles. The molecule has 2 amide bonds. The van der Waals surface area contributed by atoms with Crippen LogP contribution in [0.1, 0.15) is 39.2 Å². The molecule has 1 N–H and O–H groups in total. The standard InChI is InChI=1S/C22H27FN2O4S/c1-22(2,3)24-21(26)25(14-16-7-8-16)15-17-5-4-6-19(13-17)29-30(27,28)20-11-9-18(23)10-12-20/h4-6,9-13,16H,7-8,14-15H2,1-3H3,(H,24,26). The Morgan fingerprint density at radius 1 is 1.17 bits per heavy atom. The van der Waals surface area contributed by atoms with E-state index in [1.807, 2.05) is 26.8 Å². The summed E-state index contributed by atoms with van der Waals surface area (Å²) in [5, 5.41) is 2.98. The van der Waals surface area contributed by atoms with Crippen LogP contribution in [-0.4, -0.2) is 31.4 Å². The fraction of sp³-hybridized carbons (Fsp3) is 0.409. The fourth-order valence-corrected chi connectivity index (χ4v) is 3.85. The van der Waals surface area contributed by atoms with Crippen LogP contribution >= 0.6 is 0 Å². The van der Waals surface area contributed by atoms with Crippen molar-refractivity contribution in [2.45, 2.75) is 50.6 Å². The van der Waals surface area contributed by atoms with E-state index in [4.69, 9.17) is 4.18 Å². The normalized spacial score (nSPS) is 14.3. The first-order valence-corrected chi connectivity index (χ1v) is 11.3. The Morgan fingerprint density at radius 3 is 2.43 bits per heavy atom. The van der Waals surface area contributed by atoms with Crippen molar-refractivity contribution in [3.8, 4) is 5.75 Å². The molecule has 0 atom stereocenters. The van der Waals surface area contributed by atoms with Crippen molar-refractivity contribution in [2.75, 3.05) is 6.54 Å². The lowest BCUT2D eigenvalue weighted by molar-refractivity contribution is 0.183. The molecule has 30 heavy (non-hydrogen) atoms. The van der Waals surface area contributed by atoms with Gasteiger partial charge in [0.05, 0.1) is 0 Å². The van der Waals surface area contributed by atoms with Crippen LogP contribution in [-0.2, 0) is 16.7 Å². The minimum absolute atomic E-state index is 0.130. The van der Waals surface area contributed by atoms with Gasteiger partial charge in [-0.3, -0.25) is 0 Å². The highest BCUT2D eigenvalue weighted by Crippen LogP contribution is 2.30. The lowest BCUT2D eigenvalue weighted by atomic mass is 10.1. The van der Waals surface area contributed by atoms with Gasteiger partial charge in [0.1, 0.15) is 16.5 Å². The quantitative estimate of drug-likeness (QED) is 0.659. The Labute approximate surface area is 177 Å². The Hall–Kier alpha value is -2.61. The highest BCUT2D eigenvalue weighted by atomic mass is 32.2. The molecule has 0 saturated heterocycles. The first-order valence-electron chi connectivity index (χ1n) is 9.88. The van der Waals surface area contributed by atoms with E-state index in [2.05, 4.69) is 5.32 Å². The molecule has 0 heterocycles. The van der Waals surface area contributed by atoms with Crippen LogP contribution < -0.4 is 9.50 Å².